The SMILES string of the molecule is Cc1ccc(Oc2ccc([C@H](C)O)cc2Br)cc1F. The van der Waals surface area contributed by atoms with Gasteiger partial charge in [-0.1, -0.05) is 12.1 Å². The van der Waals surface area contributed by atoms with Crippen molar-refractivity contribution < 1.29 is 14.2 Å². The highest BCUT2D eigenvalue weighted by molar-refractivity contribution is 9.10. The Hall–Kier alpha value is -1.39. The topological polar surface area (TPSA) is 29.5 Å². The van der Waals surface area contributed by atoms with Crippen LogP contribution in [-0.4, -0.2) is 5.11 Å². The maximum Gasteiger partial charge on any atom is 0.141 e. The van der Waals surface area contributed by atoms with Gasteiger partial charge in [0.1, 0.15) is 17.3 Å². The van der Waals surface area contributed by atoms with Crippen LogP contribution in [0.3, 0.4) is 0 Å². The molecule has 0 radical (unpaired) electrons. The van der Waals surface area contributed by atoms with Gasteiger partial charge in [-0.3, -0.25) is 0 Å². The Morgan fingerprint density at radius 3 is 2.53 bits per heavy atom. The molecule has 0 spiro atoms. The molecule has 0 aliphatic heterocycles. The van der Waals surface area contributed by atoms with E-state index in [1.54, 1.807) is 44.2 Å². The minimum Gasteiger partial charge on any atom is -0.456 e. The van der Waals surface area contributed by atoms with E-state index in [1.165, 1.54) is 6.07 Å². The summed E-state index contributed by atoms with van der Waals surface area (Å²) in [6.45, 7) is 3.39. The lowest BCUT2D eigenvalue weighted by molar-refractivity contribution is 0.199. The molecule has 0 amide bonds. The van der Waals surface area contributed by atoms with E-state index in [-0.39, 0.29) is 5.82 Å². The zero-order valence-corrected chi connectivity index (χ0v) is 12.2. The molecule has 0 aromatic heterocycles. The number of ether oxygens (including phenoxy) is 1. The van der Waals surface area contributed by atoms with Crippen molar-refractivity contribution in [3.05, 3.63) is 57.8 Å². The fourth-order valence-electron chi connectivity index (χ4n) is 1.62. The van der Waals surface area contributed by atoms with Crippen molar-refractivity contribution in [1.82, 2.24) is 0 Å². The molecule has 0 aliphatic carbocycles. The van der Waals surface area contributed by atoms with Gasteiger partial charge in [0.2, 0.25) is 0 Å². The molecule has 2 nitrogen and oxygen atoms in total. The molecule has 2 aromatic rings. The van der Waals surface area contributed by atoms with E-state index < -0.39 is 6.10 Å². The lowest BCUT2D eigenvalue weighted by Crippen LogP contribution is -1.93. The fourth-order valence-corrected chi connectivity index (χ4v) is 2.10. The number of aliphatic hydroxyl groups excluding tert-OH is 1. The Morgan fingerprint density at radius 1 is 1.21 bits per heavy atom. The largest absolute Gasteiger partial charge is 0.456 e. The molecule has 1 N–H and O–H groups in total. The molecule has 0 unspecified atom stereocenters. The van der Waals surface area contributed by atoms with E-state index in [0.29, 0.717) is 21.5 Å². The van der Waals surface area contributed by atoms with E-state index in [1.807, 2.05) is 0 Å². The lowest BCUT2D eigenvalue weighted by atomic mass is 10.1. The minimum atomic E-state index is -0.540. The first-order valence-electron chi connectivity index (χ1n) is 5.89. The summed E-state index contributed by atoms with van der Waals surface area (Å²) >= 11 is 3.38. The zero-order chi connectivity index (χ0) is 14.0. The molecule has 0 heterocycles. The van der Waals surface area contributed by atoms with Crippen molar-refractivity contribution >= 4 is 15.9 Å². The second-order valence-corrected chi connectivity index (χ2v) is 5.23. The second-order valence-electron chi connectivity index (χ2n) is 4.38. The Bertz CT molecular complexity index is 597. The average molecular weight is 325 g/mol. The van der Waals surface area contributed by atoms with Gasteiger partial charge >= 0.3 is 0 Å². The van der Waals surface area contributed by atoms with Crippen molar-refractivity contribution in [3.8, 4) is 11.5 Å². The maximum atomic E-state index is 13.4. The zero-order valence-electron chi connectivity index (χ0n) is 10.7. The molecule has 100 valence electrons. The molecular weight excluding hydrogens is 311 g/mol. The Labute approximate surface area is 120 Å². The standard InChI is InChI=1S/C15H14BrFO2/c1-9-3-5-12(8-14(9)17)19-15-6-4-11(10(2)18)7-13(15)16/h3-8,10,18H,1-2H3/t10-/m0/s1. The second kappa shape index (κ2) is 5.72. The predicted octanol–water partition coefficient (Wildman–Crippen LogP) is 4.74. The van der Waals surface area contributed by atoms with Gasteiger partial charge in [0.15, 0.2) is 0 Å². The molecule has 2 rings (SSSR count). The summed E-state index contributed by atoms with van der Waals surface area (Å²) in [5.74, 6) is 0.718. The number of aryl methyl sites for hydroxylation is 1. The van der Waals surface area contributed by atoms with Gasteiger partial charge in [-0.2, -0.15) is 0 Å². The molecule has 0 bridgehead atoms. The van der Waals surface area contributed by atoms with Crippen molar-refractivity contribution in [2.24, 2.45) is 0 Å². The quantitative estimate of drug-likeness (QED) is 0.883. The van der Waals surface area contributed by atoms with Crippen molar-refractivity contribution in [3.63, 3.8) is 0 Å². The molecule has 1 atom stereocenters. The molecule has 0 fully saturated rings. The van der Waals surface area contributed by atoms with Crippen LogP contribution in [0.15, 0.2) is 40.9 Å². The van der Waals surface area contributed by atoms with Crippen molar-refractivity contribution in [2.75, 3.05) is 0 Å². The van der Waals surface area contributed by atoms with Crippen molar-refractivity contribution in [1.29, 1.82) is 0 Å². The van der Waals surface area contributed by atoms with Gasteiger partial charge in [0.25, 0.3) is 0 Å². The fraction of sp³-hybridized carbons (Fsp3) is 0.200. The van der Waals surface area contributed by atoms with E-state index in [0.717, 1.165) is 5.56 Å². The lowest BCUT2D eigenvalue weighted by Gasteiger charge is -2.11. The Balaban J connectivity index is 2.25. The third-order valence-electron chi connectivity index (χ3n) is 2.81. The minimum absolute atomic E-state index is 0.297. The van der Waals surface area contributed by atoms with Crippen LogP contribution < -0.4 is 4.74 Å². The molecular formula is C15H14BrFO2. The summed E-state index contributed by atoms with van der Waals surface area (Å²) in [5.41, 5.74) is 1.37. The van der Waals surface area contributed by atoms with Crippen LogP contribution in [0.4, 0.5) is 4.39 Å². The number of hydrogen-bond donors (Lipinski definition) is 1. The number of rotatable bonds is 3. The highest BCUT2D eigenvalue weighted by atomic mass is 79.9. The summed E-state index contributed by atoms with van der Waals surface area (Å²) < 4.78 is 19.8. The van der Waals surface area contributed by atoms with Crippen LogP contribution in [0.1, 0.15) is 24.2 Å². The Morgan fingerprint density at radius 2 is 1.95 bits per heavy atom. The van der Waals surface area contributed by atoms with E-state index in [2.05, 4.69) is 15.9 Å². The summed E-state index contributed by atoms with van der Waals surface area (Å²) in [6.07, 6.45) is -0.540. The van der Waals surface area contributed by atoms with Gasteiger partial charge < -0.3 is 9.84 Å². The molecule has 0 saturated heterocycles. The summed E-state index contributed by atoms with van der Waals surface area (Å²) in [4.78, 5) is 0. The van der Waals surface area contributed by atoms with Crippen LogP contribution >= 0.6 is 15.9 Å². The van der Waals surface area contributed by atoms with Gasteiger partial charge in [0, 0.05) is 6.07 Å². The molecule has 0 saturated carbocycles. The van der Waals surface area contributed by atoms with E-state index in [4.69, 9.17) is 4.74 Å². The molecule has 19 heavy (non-hydrogen) atoms. The van der Waals surface area contributed by atoms with Crippen LogP contribution in [-0.2, 0) is 0 Å². The number of halogens is 2. The molecule has 0 aliphatic rings. The maximum absolute atomic E-state index is 13.4. The van der Waals surface area contributed by atoms with Gasteiger partial charge in [-0.25, -0.2) is 4.39 Å². The first-order chi connectivity index (χ1) is 8.97. The predicted molar refractivity (Wildman–Crippen MR) is 76.0 cm³/mol. The molecule has 2 aromatic carbocycles. The van der Waals surface area contributed by atoms with Gasteiger partial charge in [-0.15, -0.1) is 0 Å². The van der Waals surface area contributed by atoms with Crippen LogP contribution in [0.5, 0.6) is 11.5 Å². The van der Waals surface area contributed by atoms with Crippen LogP contribution in [0.2, 0.25) is 0 Å². The van der Waals surface area contributed by atoms with Crippen LogP contribution in [0.25, 0.3) is 0 Å². The van der Waals surface area contributed by atoms with Gasteiger partial charge in [0.05, 0.1) is 10.6 Å². The first kappa shape index (κ1) is 14.0. The smallest absolute Gasteiger partial charge is 0.141 e. The summed E-state index contributed by atoms with van der Waals surface area (Å²) in [5, 5.41) is 9.48. The number of hydrogen-bond acceptors (Lipinski definition) is 2. The number of benzene rings is 2. The van der Waals surface area contributed by atoms with Crippen molar-refractivity contribution in [2.45, 2.75) is 20.0 Å². The molecule has 4 heteroatoms. The first-order valence-corrected chi connectivity index (χ1v) is 6.68. The summed E-state index contributed by atoms with van der Waals surface area (Å²) in [6, 6.07) is 10.0. The highest BCUT2D eigenvalue weighted by Crippen LogP contribution is 2.32. The normalized spacial score (nSPS) is 12.3. The van der Waals surface area contributed by atoms with E-state index in [9.17, 15) is 9.50 Å². The monoisotopic (exact) mass is 324 g/mol. The Kier molecular flexibility index (Phi) is 4.22. The van der Waals surface area contributed by atoms with Gasteiger partial charge in [-0.05, 0) is 59.1 Å². The average Bonchev–Trinajstić information content (AvgIpc) is 2.36. The third kappa shape index (κ3) is 3.33. The highest BCUT2D eigenvalue weighted by Gasteiger charge is 2.08. The van der Waals surface area contributed by atoms with Crippen LogP contribution in [0, 0.1) is 12.7 Å². The number of aliphatic hydroxyl groups is 1. The van der Waals surface area contributed by atoms with E-state index >= 15 is 0 Å². The third-order valence-corrected chi connectivity index (χ3v) is 3.43. The summed E-state index contributed by atoms with van der Waals surface area (Å²) in [7, 11) is 0.